The van der Waals surface area contributed by atoms with Crippen LogP contribution in [0.15, 0.2) is 78.0 Å². The molecule has 0 spiro atoms. The third kappa shape index (κ3) is 5.09. The van der Waals surface area contributed by atoms with Gasteiger partial charge < -0.3 is 10.1 Å². The molecule has 1 atom stereocenters. The minimum absolute atomic E-state index is 0.0857. The molecule has 1 heterocycles. The Morgan fingerprint density at radius 3 is 2.52 bits per heavy atom. The first-order chi connectivity index (χ1) is 16.0. The van der Waals surface area contributed by atoms with E-state index in [1.54, 1.807) is 7.11 Å². The molecule has 1 unspecified atom stereocenters. The quantitative estimate of drug-likeness (QED) is 0.361. The highest BCUT2D eigenvalue weighted by molar-refractivity contribution is 8.00. The Kier molecular flexibility index (Phi) is 6.79. The van der Waals surface area contributed by atoms with E-state index in [2.05, 4.69) is 21.6 Å². The Hall–Kier alpha value is -3.58. The van der Waals surface area contributed by atoms with Crippen LogP contribution in [-0.2, 0) is 4.79 Å². The molecule has 0 saturated heterocycles. The number of nitrogens with one attached hydrogen (secondary N) is 1. The maximum atomic E-state index is 13.0. The van der Waals surface area contributed by atoms with Gasteiger partial charge in [-0.2, -0.15) is 0 Å². The third-order valence-electron chi connectivity index (χ3n) is 5.27. The number of aromatic nitrogens is 3. The third-order valence-corrected chi connectivity index (χ3v) is 6.31. The van der Waals surface area contributed by atoms with E-state index >= 15 is 0 Å². The SMILES string of the molecule is COc1cccc(-c2nnc(SC(C)C(=O)Nc3ccc(C)cc3C)n2-c2ccccc2)c1. The van der Waals surface area contributed by atoms with E-state index in [9.17, 15) is 4.79 Å². The van der Waals surface area contributed by atoms with Crippen LogP contribution >= 0.6 is 11.8 Å². The number of carbonyl (C=O) groups is 1. The van der Waals surface area contributed by atoms with Crippen molar-refractivity contribution in [3.05, 3.63) is 83.9 Å². The van der Waals surface area contributed by atoms with Crippen molar-refractivity contribution in [1.82, 2.24) is 14.8 Å². The van der Waals surface area contributed by atoms with E-state index in [-0.39, 0.29) is 11.2 Å². The van der Waals surface area contributed by atoms with Crippen molar-refractivity contribution in [2.45, 2.75) is 31.2 Å². The van der Waals surface area contributed by atoms with Crippen LogP contribution in [0.2, 0.25) is 0 Å². The van der Waals surface area contributed by atoms with Gasteiger partial charge in [-0.3, -0.25) is 9.36 Å². The van der Waals surface area contributed by atoms with E-state index in [0.717, 1.165) is 33.8 Å². The number of benzene rings is 3. The zero-order valence-corrected chi connectivity index (χ0v) is 19.9. The van der Waals surface area contributed by atoms with Gasteiger partial charge in [0.25, 0.3) is 0 Å². The molecular formula is C26H26N4O2S. The largest absolute Gasteiger partial charge is 0.497 e. The maximum Gasteiger partial charge on any atom is 0.237 e. The molecule has 1 aromatic heterocycles. The van der Waals surface area contributed by atoms with Gasteiger partial charge in [-0.25, -0.2) is 0 Å². The molecule has 0 saturated carbocycles. The van der Waals surface area contributed by atoms with Crippen molar-refractivity contribution in [3.63, 3.8) is 0 Å². The summed E-state index contributed by atoms with van der Waals surface area (Å²) in [6.07, 6.45) is 0. The van der Waals surface area contributed by atoms with E-state index in [4.69, 9.17) is 4.74 Å². The Morgan fingerprint density at radius 1 is 1.00 bits per heavy atom. The summed E-state index contributed by atoms with van der Waals surface area (Å²) in [4.78, 5) is 13.0. The van der Waals surface area contributed by atoms with Gasteiger partial charge in [-0.1, -0.05) is 59.8 Å². The molecule has 3 aromatic carbocycles. The highest BCUT2D eigenvalue weighted by Crippen LogP contribution is 2.32. The number of anilines is 1. The van der Waals surface area contributed by atoms with Crippen molar-refractivity contribution in [2.24, 2.45) is 0 Å². The van der Waals surface area contributed by atoms with Crippen molar-refractivity contribution in [3.8, 4) is 22.8 Å². The zero-order valence-electron chi connectivity index (χ0n) is 19.1. The molecule has 7 heteroatoms. The van der Waals surface area contributed by atoms with Gasteiger partial charge in [-0.15, -0.1) is 10.2 Å². The van der Waals surface area contributed by atoms with Crippen LogP contribution in [-0.4, -0.2) is 33.0 Å². The van der Waals surface area contributed by atoms with Crippen LogP contribution in [0, 0.1) is 13.8 Å². The molecule has 33 heavy (non-hydrogen) atoms. The Labute approximate surface area is 198 Å². The number of nitrogens with zero attached hydrogens (tertiary/aromatic N) is 3. The summed E-state index contributed by atoms with van der Waals surface area (Å²) < 4.78 is 7.36. The zero-order chi connectivity index (χ0) is 23.4. The van der Waals surface area contributed by atoms with Crippen LogP contribution in [0.4, 0.5) is 5.69 Å². The highest BCUT2D eigenvalue weighted by atomic mass is 32.2. The molecule has 0 radical (unpaired) electrons. The van der Waals surface area contributed by atoms with Crippen LogP contribution in [0.1, 0.15) is 18.1 Å². The average Bonchev–Trinajstić information content (AvgIpc) is 3.24. The topological polar surface area (TPSA) is 69.0 Å². The number of amides is 1. The van der Waals surface area contributed by atoms with Gasteiger partial charge in [0.2, 0.25) is 5.91 Å². The number of hydrogen-bond donors (Lipinski definition) is 1. The fraction of sp³-hybridized carbons (Fsp3) is 0.192. The number of thioether (sulfide) groups is 1. The Bertz CT molecular complexity index is 1270. The normalized spacial score (nSPS) is 11.8. The maximum absolute atomic E-state index is 13.0. The number of methoxy groups -OCH3 is 1. The molecule has 0 aliphatic carbocycles. The number of ether oxygens (including phenoxy) is 1. The van der Waals surface area contributed by atoms with E-state index in [1.165, 1.54) is 11.8 Å². The van der Waals surface area contributed by atoms with Crippen LogP contribution in [0.25, 0.3) is 17.1 Å². The summed E-state index contributed by atoms with van der Waals surface area (Å²) in [6, 6.07) is 23.6. The first-order valence-electron chi connectivity index (χ1n) is 10.7. The molecule has 4 rings (SSSR count). The van der Waals surface area contributed by atoms with Gasteiger partial charge in [0.05, 0.1) is 12.4 Å². The fourth-order valence-corrected chi connectivity index (χ4v) is 4.37. The number of hydrogen-bond acceptors (Lipinski definition) is 5. The molecule has 0 bridgehead atoms. The van der Waals surface area contributed by atoms with E-state index < -0.39 is 0 Å². The lowest BCUT2D eigenvalue weighted by molar-refractivity contribution is -0.115. The van der Waals surface area contributed by atoms with Crippen LogP contribution < -0.4 is 10.1 Å². The number of para-hydroxylation sites is 1. The van der Waals surface area contributed by atoms with Gasteiger partial charge in [0.1, 0.15) is 5.75 Å². The second-order valence-corrected chi connectivity index (χ2v) is 9.08. The molecule has 4 aromatic rings. The minimum Gasteiger partial charge on any atom is -0.497 e. The lowest BCUT2D eigenvalue weighted by atomic mass is 10.1. The minimum atomic E-state index is -0.379. The molecule has 1 N–H and O–H groups in total. The number of aryl methyl sites for hydroxylation is 2. The second-order valence-electron chi connectivity index (χ2n) is 7.78. The van der Waals surface area contributed by atoms with Crippen molar-refractivity contribution in [2.75, 3.05) is 12.4 Å². The van der Waals surface area contributed by atoms with Crippen molar-refractivity contribution in [1.29, 1.82) is 0 Å². The monoisotopic (exact) mass is 458 g/mol. The standard InChI is InChI=1S/C26H26N4O2S/c1-17-13-14-23(18(2)15-17)27-25(31)19(3)33-26-29-28-24(20-9-8-12-22(16-20)32-4)30(26)21-10-6-5-7-11-21/h5-16,19H,1-4H3,(H,27,31). The fourth-order valence-electron chi connectivity index (χ4n) is 3.51. The lowest BCUT2D eigenvalue weighted by Crippen LogP contribution is -2.23. The summed E-state index contributed by atoms with van der Waals surface area (Å²) in [5, 5.41) is 12.2. The van der Waals surface area contributed by atoms with Gasteiger partial charge in [0, 0.05) is 16.9 Å². The van der Waals surface area contributed by atoms with E-state index in [1.807, 2.05) is 92.1 Å². The van der Waals surface area contributed by atoms with Crippen molar-refractivity contribution >= 4 is 23.4 Å². The Balaban J connectivity index is 1.64. The summed E-state index contributed by atoms with van der Waals surface area (Å²) in [6.45, 7) is 5.90. The van der Waals surface area contributed by atoms with Crippen molar-refractivity contribution < 1.29 is 9.53 Å². The summed E-state index contributed by atoms with van der Waals surface area (Å²) in [7, 11) is 1.64. The average molecular weight is 459 g/mol. The summed E-state index contributed by atoms with van der Waals surface area (Å²) in [5.41, 5.74) is 4.82. The lowest BCUT2D eigenvalue weighted by Gasteiger charge is -2.15. The first kappa shape index (κ1) is 22.6. The van der Waals surface area contributed by atoms with Gasteiger partial charge >= 0.3 is 0 Å². The first-order valence-corrected chi connectivity index (χ1v) is 11.5. The molecule has 0 aliphatic heterocycles. The number of rotatable bonds is 7. The Morgan fingerprint density at radius 2 is 1.79 bits per heavy atom. The predicted octanol–water partition coefficient (Wildman–Crippen LogP) is 5.68. The van der Waals surface area contributed by atoms with Crippen LogP contribution in [0.3, 0.4) is 0 Å². The predicted molar refractivity (Wildman–Crippen MR) is 133 cm³/mol. The highest BCUT2D eigenvalue weighted by Gasteiger charge is 2.22. The van der Waals surface area contributed by atoms with E-state index in [0.29, 0.717) is 11.0 Å². The smallest absolute Gasteiger partial charge is 0.237 e. The molecule has 0 fully saturated rings. The molecule has 0 aliphatic rings. The van der Waals surface area contributed by atoms with Crippen LogP contribution in [0.5, 0.6) is 5.75 Å². The summed E-state index contributed by atoms with van der Waals surface area (Å²) >= 11 is 1.37. The molecule has 6 nitrogen and oxygen atoms in total. The van der Waals surface area contributed by atoms with Gasteiger partial charge in [0.15, 0.2) is 11.0 Å². The second kappa shape index (κ2) is 9.92. The number of carbonyl (C=O) groups excluding carboxylic acids is 1. The molecule has 1 amide bonds. The summed E-state index contributed by atoms with van der Waals surface area (Å²) in [5.74, 6) is 1.34. The van der Waals surface area contributed by atoms with Gasteiger partial charge in [-0.05, 0) is 56.7 Å². The molecular weight excluding hydrogens is 432 g/mol. The molecule has 168 valence electrons.